The fourth-order valence-electron chi connectivity index (χ4n) is 5.65. The van der Waals surface area contributed by atoms with Gasteiger partial charge in [0.1, 0.15) is 11.9 Å². The van der Waals surface area contributed by atoms with Gasteiger partial charge in [0, 0.05) is 29.6 Å². The average Bonchev–Trinajstić information content (AvgIpc) is 3.24. The zero-order valence-electron chi connectivity index (χ0n) is 19.5. The number of H-pyrrole nitrogens is 1. The van der Waals surface area contributed by atoms with Crippen LogP contribution in [0.25, 0.3) is 10.9 Å². The number of carbonyl (C=O) groups excluding carboxylic acids is 2. The minimum absolute atomic E-state index is 0.0266. The van der Waals surface area contributed by atoms with Gasteiger partial charge in [0.25, 0.3) is 0 Å². The van der Waals surface area contributed by atoms with Crippen LogP contribution in [-0.4, -0.2) is 45.7 Å². The summed E-state index contributed by atoms with van der Waals surface area (Å²) in [4.78, 5) is 34.4. The number of rotatable bonds is 4. The van der Waals surface area contributed by atoms with Gasteiger partial charge in [-0.3, -0.25) is 9.59 Å². The molecule has 1 saturated heterocycles. The number of benzene rings is 3. The number of para-hydroxylation sites is 1. The number of nitrogens with zero attached hydrogens (tertiary/aromatic N) is 2. The summed E-state index contributed by atoms with van der Waals surface area (Å²) in [5, 5.41) is 1.10. The number of aromatic nitrogens is 1. The lowest BCUT2D eigenvalue weighted by Crippen LogP contribution is -2.63. The molecule has 6 rings (SSSR count). The third-order valence-corrected chi connectivity index (χ3v) is 7.41. The second-order valence-electron chi connectivity index (χ2n) is 9.48. The van der Waals surface area contributed by atoms with E-state index in [2.05, 4.69) is 17.1 Å². The van der Waals surface area contributed by atoms with Crippen LogP contribution < -0.4 is 0 Å². The lowest BCUT2D eigenvalue weighted by Gasteiger charge is -2.47. The highest BCUT2D eigenvalue weighted by atomic mass is 19.1. The Balaban J connectivity index is 1.39. The summed E-state index contributed by atoms with van der Waals surface area (Å²) in [7, 11) is 0. The number of piperazine rings is 1. The van der Waals surface area contributed by atoms with Crippen LogP contribution >= 0.6 is 0 Å². The van der Waals surface area contributed by atoms with Crippen molar-refractivity contribution < 1.29 is 14.0 Å². The molecule has 0 saturated carbocycles. The van der Waals surface area contributed by atoms with Gasteiger partial charge in [-0.2, -0.15) is 0 Å². The second kappa shape index (κ2) is 8.38. The van der Waals surface area contributed by atoms with Crippen LogP contribution in [0.3, 0.4) is 0 Å². The van der Waals surface area contributed by atoms with Crippen LogP contribution in [0, 0.1) is 12.7 Å². The van der Waals surface area contributed by atoms with E-state index in [4.69, 9.17) is 0 Å². The lowest BCUT2D eigenvalue weighted by atomic mass is 9.85. The maximum absolute atomic E-state index is 13.8. The van der Waals surface area contributed by atoms with Gasteiger partial charge < -0.3 is 14.8 Å². The van der Waals surface area contributed by atoms with Crippen molar-refractivity contribution in [2.75, 3.05) is 13.1 Å². The Morgan fingerprint density at radius 1 is 0.971 bits per heavy atom. The first-order chi connectivity index (χ1) is 17.0. The van der Waals surface area contributed by atoms with Crippen LogP contribution in [0.4, 0.5) is 4.39 Å². The van der Waals surface area contributed by atoms with Gasteiger partial charge in [-0.1, -0.05) is 54.6 Å². The van der Waals surface area contributed by atoms with Gasteiger partial charge in [0.2, 0.25) is 11.8 Å². The molecule has 5 nitrogen and oxygen atoms in total. The quantitative estimate of drug-likeness (QED) is 0.479. The first-order valence-corrected chi connectivity index (χ1v) is 12.0. The highest BCUT2D eigenvalue weighted by molar-refractivity contribution is 5.97. The summed E-state index contributed by atoms with van der Waals surface area (Å²) >= 11 is 0. The summed E-state index contributed by atoms with van der Waals surface area (Å²) in [6.07, 6.45) is 1.06. The third-order valence-electron chi connectivity index (χ3n) is 7.41. The lowest BCUT2D eigenvalue weighted by molar-refractivity contribution is -0.158. The van der Waals surface area contributed by atoms with E-state index >= 15 is 0 Å². The molecule has 2 aliphatic rings. The van der Waals surface area contributed by atoms with Crippen molar-refractivity contribution in [3.05, 3.63) is 107 Å². The molecular formula is C29H26FN3O2. The van der Waals surface area contributed by atoms with Crippen molar-refractivity contribution in [3.8, 4) is 0 Å². The predicted octanol–water partition coefficient (Wildman–Crippen LogP) is 4.54. The Labute approximate surface area is 203 Å². The van der Waals surface area contributed by atoms with E-state index in [0.29, 0.717) is 19.4 Å². The summed E-state index contributed by atoms with van der Waals surface area (Å²) in [5.74, 6) is -0.361. The standard InChI is InChI=1S/C29H26FN3O2/c1-18-6-2-3-7-21(18)28-27-23(22-8-4-5-9-24(22)31-27)16-25-29(35)32(17-26(34)33(25)28)15-14-19-10-12-20(30)13-11-19/h2-13,25,28,31H,14-17H2,1H3. The SMILES string of the molecule is Cc1ccccc1C1c2[nH]c3ccccc3c2CC2C(=O)N(CCc3ccc(F)cc3)CC(=O)N21. The van der Waals surface area contributed by atoms with E-state index in [1.54, 1.807) is 21.9 Å². The summed E-state index contributed by atoms with van der Waals surface area (Å²) < 4.78 is 13.3. The van der Waals surface area contributed by atoms with Crippen LogP contribution in [0.15, 0.2) is 72.8 Å². The minimum atomic E-state index is -0.555. The molecule has 176 valence electrons. The Bertz CT molecular complexity index is 1440. The number of amides is 2. The Kier molecular flexibility index (Phi) is 5.17. The Morgan fingerprint density at radius 2 is 1.71 bits per heavy atom. The van der Waals surface area contributed by atoms with E-state index in [0.717, 1.165) is 38.9 Å². The third kappa shape index (κ3) is 3.60. The van der Waals surface area contributed by atoms with Gasteiger partial charge in [0.05, 0.1) is 12.6 Å². The zero-order valence-corrected chi connectivity index (χ0v) is 19.5. The highest BCUT2D eigenvalue weighted by Crippen LogP contribution is 2.43. The first kappa shape index (κ1) is 21.6. The number of aromatic amines is 1. The largest absolute Gasteiger partial charge is 0.356 e. The molecule has 2 atom stereocenters. The molecule has 3 aromatic carbocycles. The van der Waals surface area contributed by atoms with Crippen molar-refractivity contribution >= 4 is 22.7 Å². The Hall–Kier alpha value is -3.93. The van der Waals surface area contributed by atoms with Crippen molar-refractivity contribution in [1.29, 1.82) is 0 Å². The monoisotopic (exact) mass is 467 g/mol. The maximum atomic E-state index is 13.8. The number of nitrogens with one attached hydrogen (secondary N) is 1. The fourth-order valence-corrected chi connectivity index (χ4v) is 5.65. The molecule has 1 N–H and O–H groups in total. The molecule has 0 aliphatic carbocycles. The molecule has 1 aromatic heterocycles. The Morgan fingerprint density at radius 3 is 2.51 bits per heavy atom. The summed E-state index contributed by atoms with van der Waals surface area (Å²) in [5.41, 5.74) is 6.18. The van der Waals surface area contributed by atoms with Crippen molar-refractivity contribution in [3.63, 3.8) is 0 Å². The minimum Gasteiger partial charge on any atom is -0.356 e. The predicted molar refractivity (Wildman–Crippen MR) is 132 cm³/mol. The number of hydrogen-bond donors (Lipinski definition) is 1. The molecule has 2 aliphatic heterocycles. The van der Waals surface area contributed by atoms with Gasteiger partial charge >= 0.3 is 0 Å². The average molecular weight is 468 g/mol. The van der Waals surface area contributed by atoms with E-state index in [-0.39, 0.29) is 30.2 Å². The molecule has 0 spiro atoms. The van der Waals surface area contributed by atoms with E-state index in [1.165, 1.54) is 12.1 Å². The number of carbonyl (C=O) groups is 2. The van der Waals surface area contributed by atoms with Crippen LogP contribution in [0.2, 0.25) is 0 Å². The number of halogens is 1. The maximum Gasteiger partial charge on any atom is 0.246 e. The molecular weight excluding hydrogens is 441 g/mol. The van der Waals surface area contributed by atoms with E-state index < -0.39 is 6.04 Å². The smallest absolute Gasteiger partial charge is 0.246 e. The number of aryl methyl sites for hydroxylation is 1. The van der Waals surface area contributed by atoms with Gasteiger partial charge in [-0.05, 0) is 53.8 Å². The van der Waals surface area contributed by atoms with Crippen LogP contribution in [0.1, 0.15) is 34.0 Å². The van der Waals surface area contributed by atoms with Gasteiger partial charge in [-0.25, -0.2) is 4.39 Å². The first-order valence-electron chi connectivity index (χ1n) is 12.0. The van der Waals surface area contributed by atoms with Crippen molar-refractivity contribution in [1.82, 2.24) is 14.8 Å². The fraction of sp³-hybridized carbons (Fsp3) is 0.241. The number of fused-ring (bicyclic) bond motifs is 4. The van der Waals surface area contributed by atoms with E-state index in [9.17, 15) is 14.0 Å². The molecule has 2 unspecified atom stereocenters. The molecule has 0 bridgehead atoms. The molecule has 0 radical (unpaired) electrons. The zero-order chi connectivity index (χ0) is 24.1. The molecule has 3 heterocycles. The van der Waals surface area contributed by atoms with Crippen molar-refractivity contribution in [2.24, 2.45) is 0 Å². The highest BCUT2D eigenvalue weighted by Gasteiger charge is 2.48. The topological polar surface area (TPSA) is 56.4 Å². The summed E-state index contributed by atoms with van der Waals surface area (Å²) in [6.45, 7) is 2.53. The molecule has 1 fully saturated rings. The normalized spacial score (nSPS) is 19.7. The van der Waals surface area contributed by atoms with Crippen molar-refractivity contribution in [2.45, 2.75) is 31.8 Å². The summed E-state index contributed by atoms with van der Waals surface area (Å²) in [6, 6.07) is 21.6. The molecule has 2 amide bonds. The molecule has 6 heteroatoms. The second-order valence-corrected chi connectivity index (χ2v) is 9.48. The van der Waals surface area contributed by atoms with Gasteiger partial charge in [0.15, 0.2) is 0 Å². The van der Waals surface area contributed by atoms with E-state index in [1.807, 2.05) is 43.3 Å². The number of hydrogen-bond acceptors (Lipinski definition) is 2. The van der Waals surface area contributed by atoms with Gasteiger partial charge in [-0.15, -0.1) is 0 Å². The molecule has 4 aromatic rings. The molecule has 35 heavy (non-hydrogen) atoms. The van der Waals surface area contributed by atoms with Crippen LogP contribution in [0.5, 0.6) is 0 Å². The van der Waals surface area contributed by atoms with Crippen LogP contribution in [-0.2, 0) is 22.4 Å².